The third-order valence-electron chi connectivity index (χ3n) is 6.68. The van der Waals surface area contributed by atoms with Crippen LogP contribution in [-0.4, -0.2) is 23.7 Å². The number of carbonyl (C=O) groups excluding carboxylic acids is 1. The zero-order chi connectivity index (χ0) is 16.1. The molecule has 0 saturated heterocycles. The van der Waals surface area contributed by atoms with Crippen LogP contribution in [0.3, 0.4) is 0 Å². The van der Waals surface area contributed by atoms with Crippen LogP contribution in [0.1, 0.15) is 60.3 Å². The highest BCUT2D eigenvalue weighted by Crippen LogP contribution is 2.57. The van der Waals surface area contributed by atoms with Gasteiger partial charge < -0.3 is 5.32 Å². The number of aliphatic imine (C=N–C) groups is 1. The highest BCUT2D eigenvalue weighted by atomic mass is 16.1. The molecule has 6 atom stereocenters. The number of amides is 1. The van der Waals surface area contributed by atoms with Crippen molar-refractivity contribution in [1.29, 1.82) is 0 Å². The zero-order valence-corrected chi connectivity index (χ0v) is 14.6. The van der Waals surface area contributed by atoms with E-state index < -0.39 is 0 Å². The summed E-state index contributed by atoms with van der Waals surface area (Å²) in [6.07, 6.45) is 7.45. The lowest BCUT2D eigenvalue weighted by molar-refractivity contribution is -0.120. The van der Waals surface area contributed by atoms with E-state index in [-0.39, 0.29) is 17.4 Å². The van der Waals surface area contributed by atoms with E-state index in [1.165, 1.54) is 37.0 Å². The van der Waals surface area contributed by atoms with Crippen molar-refractivity contribution in [3.05, 3.63) is 11.6 Å². The highest BCUT2D eigenvalue weighted by Gasteiger charge is 2.60. The Kier molecular flexibility index (Phi) is 3.94. The second-order valence-electron chi connectivity index (χ2n) is 7.80. The Hall–Kier alpha value is -1.12. The molecule has 3 nitrogen and oxygen atoms in total. The van der Waals surface area contributed by atoms with Gasteiger partial charge in [0.25, 0.3) is 0 Å². The summed E-state index contributed by atoms with van der Waals surface area (Å²) in [7, 11) is 0. The van der Waals surface area contributed by atoms with Crippen LogP contribution in [0.4, 0.5) is 0 Å². The first kappa shape index (κ1) is 15.8. The Balaban J connectivity index is 2.12. The predicted molar refractivity (Wildman–Crippen MR) is 91.0 cm³/mol. The molecule has 2 aliphatic carbocycles. The largest absolute Gasteiger partial charge is 0.349 e. The molecule has 0 aromatic heterocycles. The Morgan fingerprint density at radius 2 is 1.95 bits per heavy atom. The molecule has 3 aliphatic rings. The van der Waals surface area contributed by atoms with Crippen LogP contribution in [0.25, 0.3) is 0 Å². The van der Waals surface area contributed by atoms with Crippen LogP contribution in [0.2, 0.25) is 0 Å². The third-order valence-corrected chi connectivity index (χ3v) is 6.68. The van der Waals surface area contributed by atoms with Crippen molar-refractivity contribution in [2.45, 2.75) is 72.4 Å². The number of rotatable bonds is 1. The van der Waals surface area contributed by atoms with E-state index in [2.05, 4.69) is 39.1 Å². The number of hydrogen-bond donors (Lipinski definition) is 1. The van der Waals surface area contributed by atoms with E-state index in [9.17, 15) is 4.79 Å². The van der Waals surface area contributed by atoms with E-state index in [1.54, 1.807) is 6.92 Å². The van der Waals surface area contributed by atoms with E-state index in [1.807, 2.05) is 0 Å². The fraction of sp³-hybridized carbons (Fsp3) is 0.789. The first-order chi connectivity index (χ1) is 10.4. The molecule has 1 fully saturated rings. The zero-order valence-electron chi connectivity index (χ0n) is 14.6. The molecule has 2 unspecified atom stereocenters. The molecule has 1 spiro atoms. The molecular weight excluding hydrogens is 272 g/mol. The van der Waals surface area contributed by atoms with Gasteiger partial charge in [-0.15, -0.1) is 0 Å². The van der Waals surface area contributed by atoms with Gasteiger partial charge in [0.1, 0.15) is 0 Å². The molecule has 1 aliphatic heterocycles. The third kappa shape index (κ3) is 2.08. The lowest BCUT2D eigenvalue weighted by Gasteiger charge is -2.53. The number of fused-ring (bicyclic) bond motifs is 2. The van der Waals surface area contributed by atoms with Gasteiger partial charge in [-0.25, -0.2) is 0 Å². The van der Waals surface area contributed by atoms with Crippen LogP contribution in [0.5, 0.6) is 0 Å². The number of nitrogens with zero attached hydrogens (tertiary/aromatic N) is 1. The van der Waals surface area contributed by atoms with Gasteiger partial charge in [0.05, 0.1) is 12.1 Å². The Labute approximate surface area is 134 Å². The van der Waals surface area contributed by atoms with Gasteiger partial charge in [-0.1, -0.05) is 38.3 Å². The van der Waals surface area contributed by atoms with Crippen molar-refractivity contribution < 1.29 is 4.79 Å². The summed E-state index contributed by atoms with van der Waals surface area (Å²) in [6, 6.07) is 0.596. The maximum absolute atomic E-state index is 11.9. The molecule has 1 N–H and O–H groups in total. The van der Waals surface area contributed by atoms with Crippen molar-refractivity contribution in [2.75, 3.05) is 0 Å². The molecule has 0 radical (unpaired) electrons. The lowest BCUT2D eigenvalue weighted by atomic mass is 9.51. The molecule has 0 bridgehead atoms. The molecular formula is C19H30N2O. The maximum atomic E-state index is 11.9. The van der Waals surface area contributed by atoms with Crippen LogP contribution in [-0.2, 0) is 4.79 Å². The summed E-state index contributed by atoms with van der Waals surface area (Å²) in [6.45, 7) is 10.7. The molecule has 0 aromatic carbocycles. The summed E-state index contributed by atoms with van der Waals surface area (Å²) in [4.78, 5) is 17.0. The average Bonchev–Trinajstić information content (AvgIpc) is 2.75. The summed E-state index contributed by atoms with van der Waals surface area (Å²) < 4.78 is 0. The predicted octanol–water partition coefficient (Wildman–Crippen LogP) is 3.74. The molecule has 1 saturated carbocycles. The minimum absolute atomic E-state index is 0.0228. The second-order valence-corrected chi connectivity index (χ2v) is 7.80. The first-order valence-electron chi connectivity index (χ1n) is 8.89. The first-order valence-corrected chi connectivity index (χ1v) is 8.89. The monoisotopic (exact) mass is 302 g/mol. The second kappa shape index (κ2) is 5.50. The van der Waals surface area contributed by atoms with Gasteiger partial charge >= 0.3 is 0 Å². The van der Waals surface area contributed by atoms with Gasteiger partial charge in [-0.3, -0.25) is 9.79 Å². The molecule has 122 valence electrons. The number of carbonyl (C=O) groups is 1. The molecule has 1 amide bonds. The van der Waals surface area contributed by atoms with E-state index >= 15 is 0 Å². The van der Waals surface area contributed by atoms with E-state index in [4.69, 9.17) is 4.99 Å². The molecule has 1 heterocycles. The molecule has 0 aromatic rings. The highest BCUT2D eigenvalue weighted by molar-refractivity contribution is 5.93. The Bertz CT molecular complexity index is 536. The van der Waals surface area contributed by atoms with Crippen LogP contribution in [0, 0.1) is 23.2 Å². The summed E-state index contributed by atoms with van der Waals surface area (Å²) in [5, 5.41) is 3.29. The van der Waals surface area contributed by atoms with Crippen molar-refractivity contribution in [2.24, 2.45) is 28.2 Å². The van der Waals surface area contributed by atoms with Crippen LogP contribution < -0.4 is 5.32 Å². The quantitative estimate of drug-likeness (QED) is 0.737. The maximum Gasteiger partial charge on any atom is 0.217 e. The van der Waals surface area contributed by atoms with Crippen LogP contribution in [0.15, 0.2) is 16.6 Å². The standard InChI is InChI=1S/C19H30N2O/c1-11-10-12(2)18(21-15(5)22)19(13(11)3)14(4)20-17-9-7-6-8-16(17)19/h10-11,13,16-18H,6-9H2,1-5H3,(H,21,22)/t11-,13+,16?,17?,18-,19+/m1/s1. The molecule has 22 heavy (non-hydrogen) atoms. The van der Waals surface area contributed by atoms with Crippen LogP contribution >= 0.6 is 0 Å². The molecule has 3 rings (SSSR count). The van der Waals surface area contributed by atoms with Gasteiger partial charge in [-0.2, -0.15) is 0 Å². The average molecular weight is 302 g/mol. The van der Waals surface area contributed by atoms with Crippen molar-refractivity contribution in [1.82, 2.24) is 5.32 Å². The fourth-order valence-corrected chi connectivity index (χ4v) is 5.71. The number of allylic oxidation sites excluding steroid dienone is 1. The van der Waals surface area contributed by atoms with E-state index in [0.717, 1.165) is 0 Å². The van der Waals surface area contributed by atoms with Gasteiger partial charge in [0.15, 0.2) is 0 Å². The van der Waals surface area contributed by atoms with E-state index in [0.29, 0.717) is 23.8 Å². The molecule has 3 heteroatoms. The summed E-state index contributed by atoms with van der Waals surface area (Å²) >= 11 is 0. The number of hydrogen-bond acceptors (Lipinski definition) is 2. The minimum atomic E-state index is 0.0228. The number of nitrogens with one attached hydrogen (secondary N) is 1. The minimum Gasteiger partial charge on any atom is -0.349 e. The van der Waals surface area contributed by atoms with Crippen molar-refractivity contribution in [3.63, 3.8) is 0 Å². The normalized spacial score (nSPS) is 44.3. The lowest BCUT2D eigenvalue weighted by Crippen LogP contribution is -2.61. The smallest absolute Gasteiger partial charge is 0.217 e. The van der Waals surface area contributed by atoms with Gasteiger partial charge in [0, 0.05) is 18.1 Å². The van der Waals surface area contributed by atoms with Gasteiger partial charge in [-0.05, 0) is 44.4 Å². The Morgan fingerprint density at radius 1 is 1.27 bits per heavy atom. The Morgan fingerprint density at radius 3 is 2.64 bits per heavy atom. The summed E-state index contributed by atoms with van der Waals surface area (Å²) in [5.41, 5.74) is 2.63. The fourth-order valence-electron chi connectivity index (χ4n) is 5.71. The van der Waals surface area contributed by atoms with Crippen molar-refractivity contribution >= 4 is 11.6 Å². The topological polar surface area (TPSA) is 41.5 Å². The SMILES string of the molecule is CC(=O)N[C@@H]1C(C)=C[C@@H](C)[C@H](C)[C@@]12C(C)=NC1CCCCC12. The van der Waals surface area contributed by atoms with Crippen molar-refractivity contribution in [3.8, 4) is 0 Å². The summed E-state index contributed by atoms with van der Waals surface area (Å²) in [5.74, 6) is 1.73. The van der Waals surface area contributed by atoms with Gasteiger partial charge in [0.2, 0.25) is 5.91 Å².